The smallest absolute Gasteiger partial charge is 0.258 e. The first kappa shape index (κ1) is 15.5. The second kappa shape index (κ2) is 6.27. The van der Waals surface area contributed by atoms with Crippen molar-refractivity contribution in [3.63, 3.8) is 0 Å². The average molecular weight is 372 g/mol. The van der Waals surface area contributed by atoms with Crippen LogP contribution in [0.15, 0.2) is 16.6 Å². The molecule has 112 valence electrons. The number of aromatic nitrogens is 2. The quantitative estimate of drug-likeness (QED) is 0.715. The van der Waals surface area contributed by atoms with Crippen LogP contribution in [-0.4, -0.2) is 45.8 Å². The number of nitrogens with zero attached hydrogens (tertiary/aromatic N) is 3. The van der Waals surface area contributed by atoms with E-state index in [9.17, 15) is 9.90 Å². The van der Waals surface area contributed by atoms with Crippen LogP contribution in [0.2, 0.25) is 0 Å². The van der Waals surface area contributed by atoms with E-state index in [4.69, 9.17) is 0 Å². The van der Waals surface area contributed by atoms with Crippen molar-refractivity contribution >= 4 is 50.9 Å². The summed E-state index contributed by atoms with van der Waals surface area (Å²) in [5, 5.41) is 16.2. The van der Waals surface area contributed by atoms with E-state index in [2.05, 4.69) is 35.3 Å². The molecule has 1 aromatic heterocycles. The maximum atomic E-state index is 12.1. The highest BCUT2D eigenvalue weighted by Crippen LogP contribution is 2.36. The lowest BCUT2D eigenvalue weighted by Gasteiger charge is -2.15. The van der Waals surface area contributed by atoms with E-state index in [0.29, 0.717) is 21.8 Å². The second-order valence-electron chi connectivity index (χ2n) is 4.35. The number of nitrogens with one attached hydrogen (secondary N) is 2. The van der Waals surface area contributed by atoms with Crippen LogP contribution in [0.1, 0.15) is 10.4 Å². The van der Waals surface area contributed by atoms with Gasteiger partial charge in [0.1, 0.15) is 0 Å². The topological polar surface area (TPSA) is 90.4 Å². The summed E-state index contributed by atoms with van der Waals surface area (Å²) in [7, 11) is 4.97. The van der Waals surface area contributed by atoms with E-state index < -0.39 is 0 Å². The maximum Gasteiger partial charge on any atom is 0.258 e. The van der Waals surface area contributed by atoms with Gasteiger partial charge >= 0.3 is 0 Å². The molecule has 0 aliphatic carbocycles. The summed E-state index contributed by atoms with van der Waals surface area (Å²) in [6, 6.07) is 3.35. The molecule has 2 aromatic rings. The number of anilines is 3. The van der Waals surface area contributed by atoms with Crippen LogP contribution in [0.5, 0.6) is 5.75 Å². The molecule has 0 bridgehead atoms. The summed E-state index contributed by atoms with van der Waals surface area (Å²) >= 11 is 4.33. The van der Waals surface area contributed by atoms with Crippen LogP contribution in [0.4, 0.5) is 17.3 Å². The Hall–Kier alpha value is -1.87. The summed E-state index contributed by atoms with van der Waals surface area (Å²) in [6.07, 6.45) is 0. The van der Waals surface area contributed by atoms with Gasteiger partial charge in [0.25, 0.3) is 5.91 Å². The van der Waals surface area contributed by atoms with E-state index in [0.717, 1.165) is 11.7 Å². The van der Waals surface area contributed by atoms with Gasteiger partial charge in [-0.05, 0) is 28.1 Å². The zero-order chi connectivity index (χ0) is 15.6. The molecule has 7 nitrogen and oxygen atoms in total. The number of hydrogen-bond acceptors (Lipinski definition) is 7. The van der Waals surface area contributed by atoms with Crippen molar-refractivity contribution in [1.82, 2.24) is 13.6 Å². The fourth-order valence-corrected chi connectivity index (χ4v) is 2.66. The highest BCUT2D eigenvalue weighted by atomic mass is 79.9. The number of phenols is 1. The average Bonchev–Trinajstić information content (AvgIpc) is 2.89. The van der Waals surface area contributed by atoms with Crippen molar-refractivity contribution in [2.75, 3.05) is 31.8 Å². The number of phenolic OH excluding ortho intramolecular Hbond substituents is 1. The monoisotopic (exact) mass is 371 g/mol. The Morgan fingerprint density at radius 2 is 2.00 bits per heavy atom. The number of aromatic hydroxyl groups is 1. The Kier molecular flexibility index (Phi) is 4.63. The maximum absolute atomic E-state index is 12.1. The van der Waals surface area contributed by atoms with Crippen molar-refractivity contribution < 1.29 is 9.90 Å². The lowest BCUT2D eigenvalue weighted by atomic mass is 10.1. The number of amides is 1. The molecule has 21 heavy (non-hydrogen) atoms. The molecular weight excluding hydrogens is 358 g/mol. The summed E-state index contributed by atoms with van der Waals surface area (Å²) in [4.78, 5) is 13.5. The summed E-state index contributed by atoms with van der Waals surface area (Å²) in [5.41, 5.74) is 0.576. The van der Waals surface area contributed by atoms with Crippen LogP contribution < -0.4 is 10.6 Å². The zero-order valence-electron chi connectivity index (χ0n) is 11.6. The number of hydrogen-bond donors (Lipinski definition) is 3. The van der Waals surface area contributed by atoms with Gasteiger partial charge in [-0.1, -0.05) is 0 Å². The molecule has 0 atom stereocenters. The fraction of sp³-hybridized carbons (Fsp3) is 0.250. The molecule has 0 aliphatic rings. The van der Waals surface area contributed by atoms with Gasteiger partial charge in [-0.25, -0.2) is 0 Å². The number of carbonyl (C=O) groups excluding carboxylic acids is 1. The number of rotatable bonds is 4. The molecule has 2 rings (SSSR count). The molecule has 0 unspecified atom stereocenters. The van der Waals surface area contributed by atoms with Crippen LogP contribution in [0, 0.1) is 0 Å². The molecule has 0 spiro atoms. The zero-order valence-corrected chi connectivity index (χ0v) is 14.0. The van der Waals surface area contributed by atoms with Gasteiger partial charge in [0, 0.05) is 25.6 Å². The predicted octanol–water partition coefficient (Wildman–Crippen LogP) is 2.49. The molecular formula is C12H14BrN5O2S. The van der Waals surface area contributed by atoms with Gasteiger partial charge in [-0.2, -0.15) is 8.75 Å². The van der Waals surface area contributed by atoms with E-state index >= 15 is 0 Å². The largest absolute Gasteiger partial charge is 0.505 e. The number of halogens is 1. The third-order valence-corrected chi connectivity index (χ3v) is 3.91. The first-order valence-electron chi connectivity index (χ1n) is 5.96. The molecule has 1 amide bonds. The summed E-state index contributed by atoms with van der Waals surface area (Å²) in [5.74, 6) is 0.623. The first-order valence-corrected chi connectivity index (χ1v) is 7.48. The van der Waals surface area contributed by atoms with Gasteiger partial charge in [0.05, 0.1) is 23.0 Å². The SMILES string of the molecule is CNc1nsnc1Nc1ccc(Br)c(C(=O)N(C)C)c1O. The van der Waals surface area contributed by atoms with Crippen molar-refractivity contribution in [1.29, 1.82) is 0 Å². The summed E-state index contributed by atoms with van der Waals surface area (Å²) < 4.78 is 8.67. The predicted molar refractivity (Wildman–Crippen MR) is 86.6 cm³/mol. The van der Waals surface area contributed by atoms with Gasteiger partial charge in [0.15, 0.2) is 17.4 Å². The van der Waals surface area contributed by atoms with Crippen molar-refractivity contribution in [2.45, 2.75) is 0 Å². The third-order valence-electron chi connectivity index (χ3n) is 2.73. The molecule has 1 heterocycles. The Morgan fingerprint density at radius 1 is 1.33 bits per heavy atom. The number of benzene rings is 1. The molecule has 9 heteroatoms. The molecule has 0 fully saturated rings. The number of carbonyl (C=O) groups is 1. The fourth-order valence-electron chi connectivity index (χ4n) is 1.66. The minimum absolute atomic E-state index is 0.141. The van der Waals surface area contributed by atoms with Gasteiger partial charge in [-0.15, -0.1) is 0 Å². The van der Waals surface area contributed by atoms with Crippen LogP contribution in [-0.2, 0) is 0 Å². The summed E-state index contributed by atoms with van der Waals surface area (Å²) in [6.45, 7) is 0. The first-order chi connectivity index (χ1) is 9.95. The second-order valence-corrected chi connectivity index (χ2v) is 5.74. The highest BCUT2D eigenvalue weighted by molar-refractivity contribution is 9.10. The van der Waals surface area contributed by atoms with Crippen LogP contribution >= 0.6 is 27.7 Å². The minimum atomic E-state index is -0.298. The minimum Gasteiger partial charge on any atom is -0.505 e. The van der Waals surface area contributed by atoms with Crippen molar-refractivity contribution in [3.8, 4) is 5.75 Å². The Balaban J connectivity index is 2.42. The lowest BCUT2D eigenvalue weighted by Crippen LogP contribution is -2.22. The van der Waals surface area contributed by atoms with E-state index in [1.165, 1.54) is 4.90 Å². The van der Waals surface area contributed by atoms with Crippen molar-refractivity contribution in [2.24, 2.45) is 0 Å². The van der Waals surface area contributed by atoms with Gasteiger partial charge in [0.2, 0.25) is 0 Å². The Morgan fingerprint density at radius 3 is 2.62 bits per heavy atom. The normalized spacial score (nSPS) is 10.3. The molecule has 0 radical (unpaired) electrons. The van der Waals surface area contributed by atoms with Crippen LogP contribution in [0.3, 0.4) is 0 Å². The van der Waals surface area contributed by atoms with E-state index in [-0.39, 0.29) is 17.2 Å². The van der Waals surface area contributed by atoms with E-state index in [1.54, 1.807) is 33.3 Å². The van der Waals surface area contributed by atoms with Gasteiger partial charge in [-0.3, -0.25) is 4.79 Å². The molecule has 1 aromatic carbocycles. The molecule has 3 N–H and O–H groups in total. The Bertz CT molecular complexity index is 674. The molecule has 0 aliphatic heterocycles. The van der Waals surface area contributed by atoms with Crippen LogP contribution in [0.25, 0.3) is 0 Å². The lowest BCUT2D eigenvalue weighted by molar-refractivity contribution is 0.0824. The van der Waals surface area contributed by atoms with Crippen molar-refractivity contribution in [3.05, 3.63) is 22.2 Å². The molecule has 0 saturated heterocycles. The highest BCUT2D eigenvalue weighted by Gasteiger charge is 2.21. The molecule has 0 saturated carbocycles. The van der Waals surface area contributed by atoms with Gasteiger partial charge < -0.3 is 20.6 Å². The Labute approximate surface area is 134 Å². The van der Waals surface area contributed by atoms with E-state index in [1.807, 2.05) is 0 Å². The standard InChI is InChI=1S/C12H14BrN5O2S/c1-14-10-11(17-21-16-10)15-7-5-4-6(13)8(9(7)19)12(20)18(2)3/h4-5,19H,1-3H3,(H,14,16)(H,15,17). The third kappa shape index (κ3) is 3.08.